The zero-order valence-electron chi connectivity index (χ0n) is 12.4. The standard InChI is InChI=1S/C16H17BrN2O2S/c1-3-21-11-6-4-10(5-7-11)14-13(17)16(22-19-14)18-15(20)12-8-9(12)2/h4-7,9,12H,3,8H2,1-2H3,(H,18,20). The van der Waals surface area contributed by atoms with Crippen molar-refractivity contribution in [3.8, 4) is 17.0 Å². The van der Waals surface area contributed by atoms with E-state index in [0.717, 1.165) is 32.9 Å². The van der Waals surface area contributed by atoms with Crippen molar-refractivity contribution >= 4 is 38.4 Å². The van der Waals surface area contributed by atoms with Gasteiger partial charge in [0.15, 0.2) is 0 Å². The van der Waals surface area contributed by atoms with Gasteiger partial charge >= 0.3 is 0 Å². The zero-order chi connectivity index (χ0) is 15.7. The van der Waals surface area contributed by atoms with E-state index in [9.17, 15) is 4.79 Å². The van der Waals surface area contributed by atoms with E-state index in [4.69, 9.17) is 4.74 Å². The van der Waals surface area contributed by atoms with Crippen LogP contribution in [0.1, 0.15) is 20.3 Å². The van der Waals surface area contributed by atoms with Gasteiger partial charge in [-0.3, -0.25) is 4.79 Å². The Labute approximate surface area is 142 Å². The SMILES string of the molecule is CCOc1ccc(-c2nsc(NC(=O)C3CC3C)c2Br)cc1. The fraction of sp³-hybridized carbons (Fsp3) is 0.375. The van der Waals surface area contributed by atoms with Crippen LogP contribution in [0.3, 0.4) is 0 Å². The van der Waals surface area contributed by atoms with E-state index >= 15 is 0 Å². The first-order chi connectivity index (χ1) is 10.6. The van der Waals surface area contributed by atoms with Gasteiger partial charge in [0, 0.05) is 11.5 Å². The van der Waals surface area contributed by atoms with Gasteiger partial charge in [-0.1, -0.05) is 6.92 Å². The number of hydrogen-bond acceptors (Lipinski definition) is 4. The van der Waals surface area contributed by atoms with E-state index in [0.29, 0.717) is 12.5 Å². The molecule has 1 aromatic carbocycles. The molecule has 4 nitrogen and oxygen atoms in total. The molecule has 2 unspecified atom stereocenters. The molecular formula is C16H17BrN2O2S. The van der Waals surface area contributed by atoms with Crippen molar-refractivity contribution in [2.45, 2.75) is 20.3 Å². The molecule has 0 saturated heterocycles. The lowest BCUT2D eigenvalue weighted by Crippen LogP contribution is -2.13. The number of rotatable bonds is 5. The second-order valence-corrected chi connectivity index (χ2v) is 7.01. The van der Waals surface area contributed by atoms with Crippen molar-refractivity contribution in [3.63, 3.8) is 0 Å². The molecule has 1 heterocycles. The van der Waals surface area contributed by atoms with Gasteiger partial charge in [0.05, 0.1) is 11.1 Å². The van der Waals surface area contributed by atoms with E-state index in [2.05, 4.69) is 32.5 Å². The molecule has 0 aliphatic heterocycles. The van der Waals surface area contributed by atoms with Crippen molar-refractivity contribution < 1.29 is 9.53 Å². The monoisotopic (exact) mass is 380 g/mol. The molecule has 0 spiro atoms. The summed E-state index contributed by atoms with van der Waals surface area (Å²) in [7, 11) is 0. The maximum absolute atomic E-state index is 12.0. The Kier molecular flexibility index (Phi) is 4.49. The van der Waals surface area contributed by atoms with E-state index < -0.39 is 0 Å². The highest BCUT2D eigenvalue weighted by molar-refractivity contribution is 9.10. The van der Waals surface area contributed by atoms with E-state index in [-0.39, 0.29) is 11.8 Å². The minimum absolute atomic E-state index is 0.0927. The maximum atomic E-state index is 12.0. The average molecular weight is 381 g/mol. The summed E-state index contributed by atoms with van der Waals surface area (Å²) in [6, 6.07) is 7.79. The fourth-order valence-electron chi connectivity index (χ4n) is 2.30. The zero-order valence-corrected chi connectivity index (χ0v) is 14.8. The molecule has 2 atom stereocenters. The minimum atomic E-state index is 0.0927. The third-order valence-electron chi connectivity index (χ3n) is 3.76. The highest BCUT2D eigenvalue weighted by Crippen LogP contribution is 2.41. The normalized spacial score (nSPS) is 19.8. The number of carbonyl (C=O) groups is 1. The summed E-state index contributed by atoms with van der Waals surface area (Å²) in [5, 5.41) is 3.74. The first-order valence-electron chi connectivity index (χ1n) is 7.29. The Hall–Kier alpha value is -1.40. The molecule has 2 aromatic rings. The number of nitrogens with one attached hydrogen (secondary N) is 1. The molecular weight excluding hydrogens is 364 g/mol. The summed E-state index contributed by atoms with van der Waals surface area (Å²) in [6.45, 7) is 4.70. The van der Waals surface area contributed by atoms with Gasteiger partial charge in [-0.2, -0.15) is 4.37 Å². The molecule has 1 aromatic heterocycles. The number of anilines is 1. The van der Waals surface area contributed by atoms with Gasteiger partial charge in [0.1, 0.15) is 16.4 Å². The van der Waals surface area contributed by atoms with E-state index in [1.54, 1.807) is 0 Å². The van der Waals surface area contributed by atoms with Crippen LogP contribution in [0.5, 0.6) is 5.75 Å². The highest BCUT2D eigenvalue weighted by Gasteiger charge is 2.39. The van der Waals surface area contributed by atoms with Gasteiger partial charge < -0.3 is 10.1 Å². The highest BCUT2D eigenvalue weighted by atomic mass is 79.9. The van der Waals surface area contributed by atoms with Gasteiger partial charge in [-0.15, -0.1) is 0 Å². The molecule has 1 aliphatic carbocycles. The number of aromatic nitrogens is 1. The van der Waals surface area contributed by atoms with Crippen molar-refractivity contribution in [2.24, 2.45) is 11.8 Å². The Bertz CT molecular complexity index is 684. The number of nitrogens with zero attached hydrogens (tertiary/aromatic N) is 1. The van der Waals surface area contributed by atoms with Gasteiger partial charge in [0.25, 0.3) is 0 Å². The van der Waals surface area contributed by atoms with Gasteiger partial charge in [-0.25, -0.2) is 0 Å². The van der Waals surface area contributed by atoms with Crippen molar-refractivity contribution in [1.29, 1.82) is 0 Å². The van der Waals surface area contributed by atoms with Crippen LogP contribution in [-0.4, -0.2) is 16.9 Å². The molecule has 0 radical (unpaired) electrons. The number of amides is 1. The Morgan fingerprint density at radius 3 is 2.73 bits per heavy atom. The van der Waals surface area contributed by atoms with Crippen LogP contribution in [0.4, 0.5) is 5.00 Å². The molecule has 6 heteroatoms. The molecule has 0 bridgehead atoms. The van der Waals surface area contributed by atoms with E-state index in [1.807, 2.05) is 31.2 Å². The summed E-state index contributed by atoms with van der Waals surface area (Å²) in [4.78, 5) is 12.0. The van der Waals surface area contributed by atoms with Crippen LogP contribution in [0.2, 0.25) is 0 Å². The lowest BCUT2D eigenvalue weighted by molar-refractivity contribution is -0.117. The molecule has 116 valence electrons. The number of ether oxygens (including phenoxy) is 1. The fourth-order valence-corrected chi connectivity index (χ4v) is 3.76. The summed E-state index contributed by atoms with van der Waals surface area (Å²) in [6.07, 6.45) is 0.980. The summed E-state index contributed by atoms with van der Waals surface area (Å²) in [5.41, 5.74) is 1.83. The third-order valence-corrected chi connectivity index (χ3v) is 5.55. The molecule has 1 saturated carbocycles. The van der Waals surface area contributed by atoms with Crippen molar-refractivity contribution in [2.75, 3.05) is 11.9 Å². The van der Waals surface area contributed by atoms with Crippen LogP contribution in [0.15, 0.2) is 28.7 Å². The van der Waals surface area contributed by atoms with Crippen LogP contribution in [0, 0.1) is 11.8 Å². The van der Waals surface area contributed by atoms with Gasteiger partial charge in [-0.05, 0) is 71.0 Å². The smallest absolute Gasteiger partial charge is 0.228 e. The van der Waals surface area contributed by atoms with E-state index in [1.165, 1.54) is 11.5 Å². The summed E-state index contributed by atoms with van der Waals surface area (Å²) < 4.78 is 10.7. The first kappa shape index (κ1) is 15.5. The molecule has 1 fully saturated rings. The second kappa shape index (κ2) is 6.38. The Morgan fingerprint density at radius 1 is 1.45 bits per heavy atom. The number of hydrogen-bond donors (Lipinski definition) is 1. The topological polar surface area (TPSA) is 51.2 Å². The van der Waals surface area contributed by atoms with Crippen LogP contribution in [0.25, 0.3) is 11.3 Å². The summed E-state index contributed by atoms with van der Waals surface area (Å²) >= 11 is 4.85. The minimum Gasteiger partial charge on any atom is -0.494 e. The Balaban J connectivity index is 1.76. The van der Waals surface area contributed by atoms with Crippen LogP contribution in [-0.2, 0) is 4.79 Å². The lowest BCUT2D eigenvalue weighted by atomic mass is 10.1. The third kappa shape index (κ3) is 3.17. The molecule has 3 rings (SSSR count). The number of halogens is 1. The Morgan fingerprint density at radius 2 is 2.14 bits per heavy atom. The molecule has 1 N–H and O–H groups in total. The number of benzene rings is 1. The maximum Gasteiger partial charge on any atom is 0.228 e. The largest absolute Gasteiger partial charge is 0.494 e. The molecule has 1 amide bonds. The number of carbonyl (C=O) groups excluding carboxylic acids is 1. The van der Waals surface area contributed by atoms with Gasteiger partial charge in [0.2, 0.25) is 5.91 Å². The molecule has 22 heavy (non-hydrogen) atoms. The average Bonchev–Trinajstić information content (AvgIpc) is 3.14. The van der Waals surface area contributed by atoms with Crippen molar-refractivity contribution in [1.82, 2.24) is 4.37 Å². The predicted octanol–water partition coefficient (Wildman–Crippen LogP) is 4.57. The lowest BCUT2D eigenvalue weighted by Gasteiger charge is -2.04. The predicted molar refractivity (Wildman–Crippen MR) is 92.3 cm³/mol. The van der Waals surface area contributed by atoms with Crippen molar-refractivity contribution in [3.05, 3.63) is 28.7 Å². The summed E-state index contributed by atoms with van der Waals surface area (Å²) in [5.74, 6) is 1.59. The van der Waals surface area contributed by atoms with Crippen LogP contribution >= 0.6 is 27.5 Å². The second-order valence-electron chi connectivity index (χ2n) is 5.44. The first-order valence-corrected chi connectivity index (χ1v) is 8.86. The molecule has 1 aliphatic rings. The quantitative estimate of drug-likeness (QED) is 0.826. The van der Waals surface area contributed by atoms with Crippen LogP contribution < -0.4 is 10.1 Å².